The van der Waals surface area contributed by atoms with Gasteiger partial charge in [-0.1, -0.05) is 24.3 Å². The average Bonchev–Trinajstić information content (AvgIpc) is 3.84. The average molecular weight is 797 g/mol. The zero-order valence-corrected chi connectivity index (χ0v) is 30.1. The summed E-state index contributed by atoms with van der Waals surface area (Å²) in [4.78, 5) is 25.2. The molecule has 16 nitrogen and oxygen atoms in total. The fourth-order valence-corrected chi connectivity index (χ4v) is 4.92. The van der Waals surface area contributed by atoms with E-state index in [0.29, 0.717) is 44.2 Å². The van der Waals surface area contributed by atoms with Crippen molar-refractivity contribution in [1.29, 1.82) is 10.5 Å². The Morgan fingerprint density at radius 1 is 0.654 bits per heavy atom. The van der Waals surface area contributed by atoms with E-state index in [1.807, 2.05) is 48.9 Å². The molecule has 263 valence electrons. The number of thiazole rings is 2. The first-order valence-corrected chi connectivity index (χ1v) is 17.1. The zero-order chi connectivity index (χ0) is 36.6. The molecule has 6 aromatic rings. The van der Waals surface area contributed by atoms with E-state index >= 15 is 0 Å². The summed E-state index contributed by atoms with van der Waals surface area (Å²) < 4.78 is 34.0. The largest absolute Gasteiger partial charge is 3.00 e. The Hall–Kier alpha value is -5.60. The molecule has 1 radical (unpaired) electrons. The van der Waals surface area contributed by atoms with Crippen LogP contribution in [0.4, 0.5) is 10.3 Å². The van der Waals surface area contributed by atoms with Crippen LogP contribution in [0.25, 0.3) is 33.4 Å². The SMILES string of the molecule is C/C(=N\[N-]c1nc(-c2ccc(C#N)cc2)cs1)c1cnccn1.C/C(=N\[N-]c1nc(-c2ccc(C#N)cc2)cs1)c1cnccn1.[Ni+3].[O-][Cl+3]([O-])([O-])[O-]. The van der Waals surface area contributed by atoms with Gasteiger partial charge in [-0.25, -0.2) is 18.6 Å². The maximum Gasteiger partial charge on any atom is 3.00 e. The van der Waals surface area contributed by atoms with Gasteiger partial charge in [0.25, 0.3) is 0 Å². The molecule has 52 heavy (non-hydrogen) atoms. The van der Waals surface area contributed by atoms with Gasteiger partial charge in [0.05, 0.1) is 47.1 Å². The van der Waals surface area contributed by atoms with E-state index in [-0.39, 0.29) is 16.5 Å². The van der Waals surface area contributed by atoms with Crippen LogP contribution < -0.4 is 18.6 Å². The van der Waals surface area contributed by atoms with Crippen LogP contribution in [0.15, 0.2) is 107 Å². The molecule has 4 heterocycles. The van der Waals surface area contributed by atoms with Crippen molar-refractivity contribution in [3.8, 4) is 34.7 Å². The quantitative estimate of drug-likeness (QED) is 0.122. The zero-order valence-electron chi connectivity index (χ0n) is 26.7. The molecule has 0 aliphatic heterocycles. The maximum atomic E-state index is 8.82. The van der Waals surface area contributed by atoms with Crippen LogP contribution in [0, 0.1) is 32.9 Å². The molecule has 0 amide bonds. The molecule has 0 saturated heterocycles. The summed E-state index contributed by atoms with van der Waals surface area (Å²) in [5.41, 5.74) is 15.7. The predicted molar refractivity (Wildman–Crippen MR) is 179 cm³/mol. The van der Waals surface area contributed by atoms with Crippen molar-refractivity contribution >= 4 is 44.4 Å². The van der Waals surface area contributed by atoms with Crippen molar-refractivity contribution in [1.82, 2.24) is 29.9 Å². The van der Waals surface area contributed by atoms with Crippen LogP contribution in [0.2, 0.25) is 0 Å². The minimum atomic E-state index is -4.94. The second kappa shape index (κ2) is 20.3. The number of hydrogen-bond acceptors (Lipinski definition) is 16. The number of nitriles is 2. The molecule has 0 fully saturated rings. The molecule has 0 unspecified atom stereocenters. The van der Waals surface area contributed by atoms with Crippen LogP contribution in [0.1, 0.15) is 36.4 Å². The molecule has 0 aliphatic rings. The first-order chi connectivity index (χ1) is 24.5. The Morgan fingerprint density at radius 3 is 1.33 bits per heavy atom. The standard InChI is InChI=1S/2C16H11N6S.ClHO4.Ni/c2*1-11(14-9-18-6-7-19-14)21-22-16-20-15(10-23-16)13-4-2-12(8-17)3-5-13;2-1(3,4)5;/h2*2-7,9-10H,1H3;(H,2,3,4,5);/q2*-1;;+3/p-1/b2*21-11+;;. The summed E-state index contributed by atoms with van der Waals surface area (Å²) in [6, 6.07) is 18.7. The van der Waals surface area contributed by atoms with E-state index in [1.54, 1.807) is 61.4 Å². The van der Waals surface area contributed by atoms with E-state index in [0.717, 1.165) is 22.5 Å². The van der Waals surface area contributed by atoms with Gasteiger partial charge in [0.2, 0.25) is 0 Å². The number of halogens is 1. The summed E-state index contributed by atoms with van der Waals surface area (Å²) in [6.07, 6.45) is 9.72. The Balaban J connectivity index is 0.000000244. The van der Waals surface area contributed by atoms with Gasteiger partial charge >= 0.3 is 16.5 Å². The number of benzene rings is 2. The van der Waals surface area contributed by atoms with Crippen molar-refractivity contribution in [3.05, 3.63) is 130 Å². The summed E-state index contributed by atoms with van der Waals surface area (Å²) in [6.45, 7) is 3.64. The maximum absolute atomic E-state index is 8.82. The normalized spacial score (nSPS) is 10.9. The van der Waals surface area contributed by atoms with Crippen LogP contribution in [-0.2, 0) is 16.5 Å². The number of aromatic nitrogens is 6. The first kappa shape index (κ1) is 40.8. The number of rotatable bonds is 8. The Kier molecular flexibility index (Phi) is 15.9. The second-order valence-corrected chi connectivity index (χ2v) is 12.0. The minimum Gasteiger partial charge on any atom is -0.425 e. The van der Waals surface area contributed by atoms with Gasteiger partial charge in [0, 0.05) is 35.1 Å². The molecule has 6 rings (SSSR count). The summed E-state index contributed by atoms with van der Waals surface area (Å²) in [5.74, 6) is 0. The third-order valence-corrected chi connectivity index (χ3v) is 7.49. The topological polar surface area (TPSA) is 270 Å². The van der Waals surface area contributed by atoms with Gasteiger partial charge in [-0.05, 0) is 71.4 Å². The van der Waals surface area contributed by atoms with Gasteiger partial charge in [-0.15, -0.1) is 10.2 Å². The number of nitrogens with zero attached hydrogens (tertiary/aromatic N) is 12. The van der Waals surface area contributed by atoms with Crippen LogP contribution >= 0.6 is 22.7 Å². The van der Waals surface area contributed by atoms with Crippen LogP contribution in [0.3, 0.4) is 0 Å². The van der Waals surface area contributed by atoms with Gasteiger partial charge in [-0.2, -0.15) is 33.2 Å². The fraction of sp³-hybridized carbons (Fsp3) is 0.0625. The molecule has 0 aliphatic carbocycles. The van der Waals surface area contributed by atoms with Crippen molar-refractivity contribution < 1.29 is 45.4 Å². The minimum absolute atomic E-state index is 0. The van der Waals surface area contributed by atoms with Gasteiger partial charge in [0.1, 0.15) is 11.4 Å². The third kappa shape index (κ3) is 13.6. The van der Waals surface area contributed by atoms with Crippen molar-refractivity contribution in [2.24, 2.45) is 10.2 Å². The summed E-state index contributed by atoms with van der Waals surface area (Å²) in [5, 5.41) is 30.9. The van der Waals surface area contributed by atoms with E-state index in [2.05, 4.69) is 63.1 Å². The molecule has 0 saturated carbocycles. The third-order valence-electron chi connectivity index (χ3n) is 6.04. The Morgan fingerprint density at radius 2 is 1.02 bits per heavy atom. The van der Waals surface area contributed by atoms with E-state index < -0.39 is 10.2 Å². The van der Waals surface area contributed by atoms with Gasteiger partial charge in [0.15, 0.2) is 0 Å². The second-order valence-electron chi connectivity index (χ2n) is 9.54. The predicted octanol–water partition coefficient (Wildman–Crippen LogP) is 3.04. The molecule has 0 N–H and O–H groups in total. The molecule has 0 atom stereocenters. The van der Waals surface area contributed by atoms with E-state index in [4.69, 9.17) is 29.2 Å². The Labute approximate surface area is 317 Å². The van der Waals surface area contributed by atoms with Gasteiger partial charge in [-0.3, -0.25) is 30.1 Å². The molecular weight excluding hydrogens is 775 g/mol. The van der Waals surface area contributed by atoms with Gasteiger partial charge < -0.3 is 20.8 Å². The summed E-state index contributed by atoms with van der Waals surface area (Å²) >= 11 is 2.81. The Bertz CT molecular complexity index is 2000. The molecule has 4 aromatic heterocycles. The monoisotopic (exact) mass is 795 g/mol. The van der Waals surface area contributed by atoms with Crippen molar-refractivity contribution in [3.63, 3.8) is 0 Å². The van der Waals surface area contributed by atoms with Crippen LogP contribution in [-0.4, -0.2) is 41.3 Å². The molecule has 2 aromatic carbocycles. The van der Waals surface area contributed by atoms with Crippen LogP contribution in [0.5, 0.6) is 0 Å². The smallest absolute Gasteiger partial charge is 0.425 e. The number of hydrogen-bond donors (Lipinski definition) is 0. The molecule has 20 heteroatoms. The van der Waals surface area contributed by atoms with Crippen molar-refractivity contribution in [2.75, 3.05) is 0 Å². The first-order valence-electron chi connectivity index (χ1n) is 14.1. The molecular formula is C32H22ClN12NiO4S2. The molecule has 0 bridgehead atoms. The van der Waals surface area contributed by atoms with Crippen molar-refractivity contribution in [2.45, 2.75) is 13.8 Å². The van der Waals surface area contributed by atoms with E-state index in [1.165, 1.54) is 22.7 Å². The van der Waals surface area contributed by atoms with E-state index in [9.17, 15) is 0 Å². The fourth-order valence-electron chi connectivity index (χ4n) is 3.63. The molecule has 0 spiro atoms. The summed E-state index contributed by atoms with van der Waals surface area (Å²) in [7, 11) is -4.94.